The van der Waals surface area contributed by atoms with Crippen LogP contribution in [0.1, 0.15) is 5.69 Å². The van der Waals surface area contributed by atoms with Gasteiger partial charge in [0, 0.05) is 18.0 Å². The summed E-state index contributed by atoms with van der Waals surface area (Å²) in [6.45, 7) is 7.56. The minimum absolute atomic E-state index is 0.170. The number of carbonyl (C=O) groups excluding carboxylic acids is 1. The van der Waals surface area contributed by atoms with E-state index in [1.165, 1.54) is 4.68 Å². The van der Waals surface area contributed by atoms with Gasteiger partial charge in [-0.05, 0) is 0 Å². The van der Waals surface area contributed by atoms with E-state index in [0.29, 0.717) is 18.7 Å². The smallest absolute Gasteiger partial charge is 0.409 e. The van der Waals surface area contributed by atoms with E-state index in [2.05, 4.69) is 18.3 Å². The summed E-state index contributed by atoms with van der Waals surface area (Å²) < 4.78 is 6.25. The third kappa shape index (κ3) is 2.87. The predicted octanol–water partition coefficient (Wildman–Crippen LogP) is 3.19. The van der Waals surface area contributed by atoms with Crippen molar-refractivity contribution in [2.45, 2.75) is 13.0 Å². The number of aromatic nitrogens is 2. The second-order valence-electron chi connectivity index (χ2n) is 2.87. The van der Waals surface area contributed by atoms with Crippen LogP contribution >= 0.6 is 23.2 Å². The van der Waals surface area contributed by atoms with Crippen LogP contribution in [0.4, 0.5) is 4.79 Å². The fourth-order valence-electron chi connectivity index (χ4n) is 1.17. The molecule has 0 saturated carbocycles. The molecule has 0 N–H and O–H groups in total. The summed E-state index contributed by atoms with van der Waals surface area (Å²) in [6.07, 6.45) is 3.69. The molecule has 0 aliphatic carbocycles. The van der Waals surface area contributed by atoms with E-state index < -0.39 is 5.43 Å². The Kier molecular flexibility index (Phi) is 4.58. The molecule has 1 aromatic rings. The Hall–Kier alpha value is -1.26. The van der Waals surface area contributed by atoms with Crippen LogP contribution in [0, 0.1) is 0 Å². The highest BCUT2D eigenvalue weighted by Crippen LogP contribution is 2.30. The summed E-state index contributed by atoms with van der Waals surface area (Å²) >= 11 is 11.1. The van der Waals surface area contributed by atoms with E-state index in [0.717, 1.165) is 0 Å². The summed E-state index contributed by atoms with van der Waals surface area (Å²) in [4.78, 5) is 10.7. The quantitative estimate of drug-likeness (QED) is 0.604. The van der Waals surface area contributed by atoms with Gasteiger partial charge in [0.1, 0.15) is 5.69 Å². The number of halogens is 2. The molecular weight excluding hydrogens is 251 g/mol. The second-order valence-corrected chi connectivity index (χ2v) is 3.54. The average molecular weight is 261 g/mol. The summed E-state index contributed by atoms with van der Waals surface area (Å²) in [5.74, 6) is 0.170. The zero-order valence-electron chi connectivity index (χ0n) is 8.45. The molecule has 0 saturated heterocycles. The van der Waals surface area contributed by atoms with E-state index in [9.17, 15) is 4.79 Å². The zero-order valence-corrected chi connectivity index (χ0v) is 9.96. The van der Waals surface area contributed by atoms with Crippen LogP contribution in [-0.2, 0) is 13.0 Å². The van der Waals surface area contributed by atoms with Crippen molar-refractivity contribution in [1.29, 1.82) is 0 Å². The lowest BCUT2D eigenvalue weighted by molar-refractivity contribution is 0.225. The molecule has 0 aromatic carbocycles. The summed E-state index contributed by atoms with van der Waals surface area (Å²) in [7, 11) is 0. The Bertz CT molecular complexity index is 427. The van der Waals surface area contributed by atoms with Crippen LogP contribution < -0.4 is 4.74 Å². The monoisotopic (exact) mass is 260 g/mol. The number of nitrogens with zero attached hydrogens (tertiary/aromatic N) is 2. The lowest BCUT2D eigenvalue weighted by Gasteiger charge is -1.99. The maximum absolute atomic E-state index is 10.7. The van der Waals surface area contributed by atoms with Gasteiger partial charge in [-0.3, -0.25) is 0 Å². The summed E-state index contributed by atoms with van der Waals surface area (Å²) in [5, 5.41) is 4.36. The van der Waals surface area contributed by atoms with Gasteiger partial charge in [-0.25, -0.2) is 9.48 Å². The van der Waals surface area contributed by atoms with E-state index in [-0.39, 0.29) is 10.9 Å². The van der Waals surface area contributed by atoms with Gasteiger partial charge >= 0.3 is 5.43 Å². The maximum Gasteiger partial charge on any atom is 0.409 e. The number of carbonyl (C=O) groups is 1. The molecule has 86 valence electrons. The van der Waals surface area contributed by atoms with E-state index in [1.807, 2.05) is 0 Å². The lowest BCUT2D eigenvalue weighted by atomic mass is 10.3. The molecule has 4 nitrogen and oxygen atoms in total. The first kappa shape index (κ1) is 12.8. The largest absolute Gasteiger partial charge is 0.409 e. The van der Waals surface area contributed by atoms with Gasteiger partial charge in [0.05, 0.1) is 6.54 Å². The van der Waals surface area contributed by atoms with Gasteiger partial charge in [-0.2, -0.15) is 5.10 Å². The molecule has 1 heterocycles. The van der Waals surface area contributed by atoms with Crippen LogP contribution in [0.15, 0.2) is 25.3 Å². The van der Waals surface area contributed by atoms with Crippen molar-refractivity contribution in [2.75, 3.05) is 0 Å². The normalized spacial score (nSPS) is 9.88. The van der Waals surface area contributed by atoms with Crippen LogP contribution in [0.5, 0.6) is 5.75 Å². The maximum atomic E-state index is 10.7. The molecule has 0 bridgehead atoms. The van der Waals surface area contributed by atoms with Crippen molar-refractivity contribution in [1.82, 2.24) is 9.78 Å². The summed E-state index contributed by atoms with van der Waals surface area (Å²) in [5.41, 5.74) is -0.443. The Morgan fingerprint density at radius 1 is 1.50 bits per heavy atom. The first-order valence-electron chi connectivity index (χ1n) is 4.44. The van der Waals surface area contributed by atoms with Crippen LogP contribution in [0.3, 0.4) is 0 Å². The lowest BCUT2D eigenvalue weighted by Crippen LogP contribution is -1.98. The van der Waals surface area contributed by atoms with Crippen molar-refractivity contribution in [3.63, 3.8) is 0 Å². The first-order valence-corrected chi connectivity index (χ1v) is 5.20. The number of ether oxygens (including phenoxy) is 1. The highest BCUT2D eigenvalue weighted by molar-refractivity contribution is 6.61. The van der Waals surface area contributed by atoms with Crippen LogP contribution in [0.2, 0.25) is 5.15 Å². The molecule has 0 amide bonds. The standard InChI is InChI=1S/C10H10Cl2N2O2/c1-3-5-7-8(16-10(12)15)9(11)14(13-7)6-4-2/h3-4H,1-2,5-6H2. The Balaban J connectivity index is 3.13. The molecule has 0 spiro atoms. The number of rotatable bonds is 5. The van der Waals surface area contributed by atoms with Gasteiger partial charge in [0.25, 0.3) is 0 Å². The van der Waals surface area contributed by atoms with Gasteiger partial charge in [-0.15, -0.1) is 13.2 Å². The van der Waals surface area contributed by atoms with Gasteiger partial charge in [-0.1, -0.05) is 23.8 Å². The van der Waals surface area contributed by atoms with Crippen molar-refractivity contribution in [3.05, 3.63) is 36.2 Å². The fourth-order valence-corrected chi connectivity index (χ4v) is 1.50. The van der Waals surface area contributed by atoms with Crippen LogP contribution in [-0.4, -0.2) is 15.2 Å². The molecular formula is C10H10Cl2N2O2. The predicted molar refractivity (Wildman–Crippen MR) is 63.2 cm³/mol. The average Bonchev–Trinajstić information content (AvgIpc) is 2.47. The molecule has 0 unspecified atom stereocenters. The van der Waals surface area contributed by atoms with E-state index in [4.69, 9.17) is 27.9 Å². The van der Waals surface area contributed by atoms with E-state index in [1.54, 1.807) is 12.2 Å². The first-order chi connectivity index (χ1) is 7.60. The minimum atomic E-state index is -0.953. The van der Waals surface area contributed by atoms with Gasteiger partial charge < -0.3 is 4.74 Å². The van der Waals surface area contributed by atoms with Crippen molar-refractivity contribution >= 4 is 28.6 Å². The molecule has 1 aromatic heterocycles. The summed E-state index contributed by atoms with van der Waals surface area (Å²) in [6, 6.07) is 0. The third-order valence-corrected chi connectivity index (χ3v) is 2.18. The van der Waals surface area contributed by atoms with Crippen molar-refractivity contribution in [2.24, 2.45) is 0 Å². The molecule has 0 aliphatic rings. The molecule has 6 heteroatoms. The SMILES string of the molecule is C=CCc1nn(CC=C)c(Cl)c1OC(=O)Cl. The molecule has 0 radical (unpaired) electrons. The van der Waals surface area contributed by atoms with Crippen molar-refractivity contribution < 1.29 is 9.53 Å². The zero-order chi connectivity index (χ0) is 12.1. The van der Waals surface area contributed by atoms with Crippen LogP contribution in [0.25, 0.3) is 0 Å². The molecule has 16 heavy (non-hydrogen) atoms. The molecule has 0 fully saturated rings. The van der Waals surface area contributed by atoms with Gasteiger partial charge in [0.2, 0.25) is 0 Å². The Morgan fingerprint density at radius 3 is 2.69 bits per heavy atom. The molecule has 1 rings (SSSR count). The number of hydrogen-bond donors (Lipinski definition) is 0. The second kappa shape index (κ2) is 5.72. The highest BCUT2D eigenvalue weighted by Gasteiger charge is 2.18. The third-order valence-electron chi connectivity index (χ3n) is 1.74. The fraction of sp³-hybridized carbons (Fsp3) is 0.200. The van der Waals surface area contributed by atoms with Gasteiger partial charge in [0.15, 0.2) is 10.9 Å². The Morgan fingerprint density at radius 2 is 2.19 bits per heavy atom. The van der Waals surface area contributed by atoms with Crippen molar-refractivity contribution in [3.8, 4) is 5.75 Å². The minimum Gasteiger partial charge on any atom is -0.409 e. The highest BCUT2D eigenvalue weighted by atomic mass is 35.5. The van der Waals surface area contributed by atoms with E-state index >= 15 is 0 Å². The molecule has 0 aliphatic heterocycles. The number of hydrogen-bond acceptors (Lipinski definition) is 3. The topological polar surface area (TPSA) is 44.1 Å². The molecule has 0 atom stereocenters. The number of allylic oxidation sites excluding steroid dienone is 2. The Labute approximate surface area is 103 Å².